The summed E-state index contributed by atoms with van der Waals surface area (Å²) in [4.78, 5) is 19.3. The summed E-state index contributed by atoms with van der Waals surface area (Å²) < 4.78 is 5.93. The molecule has 0 radical (unpaired) electrons. The van der Waals surface area contributed by atoms with Gasteiger partial charge in [-0.2, -0.15) is 0 Å². The molecule has 5 nitrogen and oxygen atoms in total. The molecule has 1 N–H and O–H groups in total. The van der Waals surface area contributed by atoms with Gasteiger partial charge in [0, 0.05) is 48.8 Å². The average molecular weight is 427 g/mol. The lowest BCUT2D eigenvalue weighted by molar-refractivity contribution is -0.0533. The predicted molar refractivity (Wildman–Crippen MR) is 121 cm³/mol. The van der Waals surface area contributed by atoms with Gasteiger partial charge >= 0.3 is 6.09 Å². The fourth-order valence-corrected chi connectivity index (χ4v) is 6.07. The highest BCUT2D eigenvalue weighted by Gasteiger charge is 2.50. The van der Waals surface area contributed by atoms with Gasteiger partial charge in [0.05, 0.1) is 5.60 Å². The van der Waals surface area contributed by atoms with Crippen molar-refractivity contribution in [1.82, 2.24) is 9.88 Å². The van der Waals surface area contributed by atoms with Gasteiger partial charge < -0.3 is 14.7 Å². The molecular weight excluding hydrogens is 400 g/mol. The topological polar surface area (TPSA) is 62.7 Å². The second-order valence-electron chi connectivity index (χ2n) is 9.28. The number of aliphatic hydroxyl groups is 1. The first-order valence-corrected chi connectivity index (χ1v) is 11.4. The molecule has 32 heavy (non-hydrogen) atoms. The number of aromatic nitrogens is 1. The van der Waals surface area contributed by atoms with Crippen LogP contribution in [0.3, 0.4) is 0 Å². The minimum atomic E-state index is -0.930. The number of pyridine rings is 1. The van der Waals surface area contributed by atoms with E-state index in [0.717, 1.165) is 18.4 Å². The van der Waals surface area contributed by atoms with E-state index in [9.17, 15) is 9.90 Å². The maximum atomic E-state index is 13.2. The molecule has 2 saturated heterocycles. The van der Waals surface area contributed by atoms with E-state index in [1.807, 2.05) is 29.2 Å². The minimum absolute atomic E-state index is 0.00499. The van der Waals surface area contributed by atoms with Crippen molar-refractivity contribution in [3.8, 4) is 11.1 Å². The van der Waals surface area contributed by atoms with Gasteiger partial charge in [0.2, 0.25) is 0 Å². The molecule has 1 amide bonds. The summed E-state index contributed by atoms with van der Waals surface area (Å²) in [6, 6.07) is 20.5. The van der Waals surface area contributed by atoms with Crippen LogP contribution in [0.2, 0.25) is 0 Å². The summed E-state index contributed by atoms with van der Waals surface area (Å²) in [6.07, 6.45) is 6.05. The number of hydrogen-bond donors (Lipinski definition) is 1. The second kappa shape index (κ2) is 7.45. The highest BCUT2D eigenvalue weighted by atomic mass is 16.6. The normalized spacial score (nSPS) is 26.0. The fourth-order valence-electron chi connectivity index (χ4n) is 6.07. The summed E-state index contributed by atoms with van der Waals surface area (Å²) in [5.41, 5.74) is 4.79. The zero-order valence-electron chi connectivity index (χ0n) is 17.9. The lowest BCUT2D eigenvalue weighted by atomic mass is 9.81. The zero-order valence-corrected chi connectivity index (χ0v) is 17.9. The van der Waals surface area contributed by atoms with Gasteiger partial charge in [0.15, 0.2) is 0 Å². The third kappa shape index (κ3) is 3.03. The van der Waals surface area contributed by atoms with E-state index >= 15 is 0 Å². The maximum Gasteiger partial charge on any atom is 0.410 e. The Bertz CT molecular complexity index is 1100. The monoisotopic (exact) mass is 426 g/mol. The Morgan fingerprint density at radius 1 is 0.969 bits per heavy atom. The first kappa shape index (κ1) is 19.5. The fraction of sp³-hybridized carbons (Fsp3) is 0.333. The second-order valence-corrected chi connectivity index (χ2v) is 9.28. The molecule has 2 aliphatic heterocycles. The number of hydrogen-bond acceptors (Lipinski definition) is 4. The van der Waals surface area contributed by atoms with E-state index in [1.54, 1.807) is 12.4 Å². The van der Waals surface area contributed by atoms with E-state index in [0.29, 0.717) is 19.4 Å². The van der Waals surface area contributed by atoms with Crippen LogP contribution in [0.1, 0.15) is 48.3 Å². The van der Waals surface area contributed by atoms with Gasteiger partial charge in [0.25, 0.3) is 0 Å². The van der Waals surface area contributed by atoms with Crippen LogP contribution in [0.5, 0.6) is 0 Å². The molecule has 2 bridgehead atoms. The van der Waals surface area contributed by atoms with Crippen LogP contribution in [0, 0.1) is 0 Å². The van der Waals surface area contributed by atoms with Crippen molar-refractivity contribution in [2.24, 2.45) is 0 Å². The first-order chi connectivity index (χ1) is 15.6. The molecule has 3 aliphatic rings. The van der Waals surface area contributed by atoms with E-state index in [-0.39, 0.29) is 24.1 Å². The number of benzene rings is 2. The van der Waals surface area contributed by atoms with Gasteiger partial charge in [-0.25, -0.2) is 4.79 Å². The third-order valence-electron chi connectivity index (χ3n) is 7.51. The van der Waals surface area contributed by atoms with Crippen LogP contribution >= 0.6 is 0 Å². The molecule has 1 aromatic heterocycles. The number of carbonyl (C=O) groups excluding carboxylic acids is 1. The Hall–Kier alpha value is -3.18. The highest BCUT2D eigenvalue weighted by Crippen LogP contribution is 2.47. The Labute approximate surface area is 187 Å². The quantitative estimate of drug-likeness (QED) is 0.651. The smallest absolute Gasteiger partial charge is 0.410 e. The molecule has 0 saturated carbocycles. The SMILES string of the molecule is O=C(OCC1c2ccccc2-c2ccccc21)N1[C@@H]2CC[C@H]1CC(O)(c1cccnc1)C2. The molecule has 1 aliphatic carbocycles. The van der Waals surface area contributed by atoms with Gasteiger partial charge in [-0.1, -0.05) is 54.6 Å². The minimum Gasteiger partial charge on any atom is -0.448 e. The van der Waals surface area contributed by atoms with Gasteiger partial charge in [0.1, 0.15) is 6.61 Å². The van der Waals surface area contributed by atoms with Gasteiger partial charge in [-0.05, 0) is 41.2 Å². The lowest BCUT2D eigenvalue weighted by Gasteiger charge is -2.43. The molecule has 2 aromatic carbocycles. The average Bonchev–Trinajstić information content (AvgIpc) is 3.30. The number of fused-ring (bicyclic) bond motifs is 5. The van der Waals surface area contributed by atoms with Crippen molar-refractivity contribution in [3.05, 3.63) is 89.7 Å². The standard InChI is InChI=1S/C27H26N2O3/c30-26(29-19-11-12-20(29)15-27(31,14-19)18-6-5-13-28-16-18)32-17-25-23-9-3-1-7-21(23)22-8-2-4-10-24(22)25/h1-10,13,16,19-20,25,31H,11-12,14-15,17H2/t19-,20+,27?. The van der Waals surface area contributed by atoms with Gasteiger partial charge in [-0.3, -0.25) is 4.98 Å². The Balaban J connectivity index is 1.19. The molecule has 1 unspecified atom stereocenters. The van der Waals surface area contributed by atoms with E-state index in [1.165, 1.54) is 22.3 Å². The van der Waals surface area contributed by atoms with E-state index in [2.05, 4.69) is 41.4 Å². The van der Waals surface area contributed by atoms with Crippen LogP contribution in [0.25, 0.3) is 11.1 Å². The van der Waals surface area contributed by atoms with Crippen molar-refractivity contribution in [2.45, 2.75) is 49.3 Å². The summed E-state index contributed by atoms with van der Waals surface area (Å²) in [7, 11) is 0. The van der Waals surface area contributed by atoms with Crippen LogP contribution in [-0.4, -0.2) is 39.8 Å². The van der Waals surface area contributed by atoms with Crippen molar-refractivity contribution in [3.63, 3.8) is 0 Å². The molecule has 3 atom stereocenters. The van der Waals surface area contributed by atoms with Crippen LogP contribution in [0.15, 0.2) is 73.1 Å². The Kier molecular flexibility index (Phi) is 4.54. The summed E-state index contributed by atoms with van der Waals surface area (Å²) in [5.74, 6) is 0.0566. The van der Waals surface area contributed by atoms with Crippen molar-refractivity contribution >= 4 is 6.09 Å². The molecule has 3 heterocycles. The van der Waals surface area contributed by atoms with E-state index in [4.69, 9.17) is 4.74 Å². The first-order valence-electron chi connectivity index (χ1n) is 11.4. The van der Waals surface area contributed by atoms with Crippen molar-refractivity contribution in [2.75, 3.05) is 6.61 Å². The number of ether oxygens (including phenoxy) is 1. The molecule has 2 fully saturated rings. The largest absolute Gasteiger partial charge is 0.448 e. The van der Waals surface area contributed by atoms with Crippen LogP contribution in [-0.2, 0) is 10.3 Å². The van der Waals surface area contributed by atoms with Crippen LogP contribution < -0.4 is 0 Å². The predicted octanol–water partition coefficient (Wildman–Crippen LogP) is 4.85. The Morgan fingerprint density at radius 2 is 1.59 bits per heavy atom. The Morgan fingerprint density at radius 3 is 2.19 bits per heavy atom. The number of piperidine rings is 1. The molecular formula is C27H26N2O3. The number of rotatable bonds is 3. The van der Waals surface area contributed by atoms with Crippen molar-refractivity contribution in [1.29, 1.82) is 0 Å². The highest BCUT2D eigenvalue weighted by molar-refractivity contribution is 5.79. The third-order valence-corrected chi connectivity index (χ3v) is 7.51. The molecule has 162 valence electrons. The van der Waals surface area contributed by atoms with Gasteiger partial charge in [-0.15, -0.1) is 0 Å². The number of amides is 1. The van der Waals surface area contributed by atoms with Crippen LogP contribution in [0.4, 0.5) is 4.79 Å². The molecule has 0 spiro atoms. The molecule has 6 rings (SSSR count). The lowest BCUT2D eigenvalue weighted by Crippen LogP contribution is -2.52. The van der Waals surface area contributed by atoms with Crippen molar-refractivity contribution < 1.29 is 14.6 Å². The molecule has 3 aromatic rings. The maximum absolute atomic E-state index is 13.2. The summed E-state index contributed by atoms with van der Waals surface area (Å²) in [6.45, 7) is 0.329. The zero-order chi connectivity index (χ0) is 21.7. The number of nitrogens with zero attached hydrogens (tertiary/aromatic N) is 2. The number of carbonyl (C=O) groups is 1. The molecule has 5 heteroatoms. The summed E-state index contributed by atoms with van der Waals surface area (Å²) >= 11 is 0. The van der Waals surface area contributed by atoms with E-state index < -0.39 is 5.60 Å². The summed E-state index contributed by atoms with van der Waals surface area (Å²) in [5, 5.41) is 11.3.